The Bertz CT molecular complexity index is 821. The Hall–Kier alpha value is -2.23. The Morgan fingerprint density at radius 3 is 1.44 bits per heavy atom. The van der Waals surface area contributed by atoms with Crippen molar-refractivity contribution < 1.29 is 19.1 Å². The SMILES string of the molecule is COc1ccc([Se](=C2C(=O)CC(C)(C)CC2=O)c2ccc(OC)cc2)cc1. The van der Waals surface area contributed by atoms with Crippen molar-refractivity contribution >= 4 is 38.4 Å². The van der Waals surface area contributed by atoms with Crippen LogP contribution in [0.1, 0.15) is 26.7 Å². The van der Waals surface area contributed by atoms with E-state index < -0.39 is 13.5 Å². The van der Waals surface area contributed by atoms with Gasteiger partial charge < -0.3 is 0 Å². The third-order valence-electron chi connectivity index (χ3n) is 4.58. The minimum atomic E-state index is -1.99. The molecule has 1 aliphatic rings. The molecule has 0 unspecified atom stereocenters. The van der Waals surface area contributed by atoms with Gasteiger partial charge in [0.1, 0.15) is 0 Å². The van der Waals surface area contributed by atoms with E-state index in [2.05, 4.69) is 0 Å². The molecular weight excluding hydrogens is 407 g/mol. The molecule has 142 valence electrons. The van der Waals surface area contributed by atoms with E-state index in [0.717, 1.165) is 20.4 Å². The number of carbonyl (C=O) groups excluding carboxylic acids is 2. The molecule has 0 heterocycles. The molecule has 0 aromatic heterocycles. The van der Waals surface area contributed by atoms with Crippen LogP contribution in [0.2, 0.25) is 0 Å². The van der Waals surface area contributed by atoms with Gasteiger partial charge in [-0.15, -0.1) is 0 Å². The number of Topliss-reactive ketones (excluding diaryl/α,β-unsaturated/α-hetero) is 2. The number of carbonyl (C=O) groups is 2. The third-order valence-corrected chi connectivity index (χ3v) is 9.51. The van der Waals surface area contributed by atoms with E-state index in [4.69, 9.17) is 9.47 Å². The fraction of sp³-hybridized carbons (Fsp3) is 0.318. The number of methoxy groups -OCH3 is 2. The summed E-state index contributed by atoms with van der Waals surface area (Å²) in [7, 11) is 3.24. The molecule has 0 N–H and O–H groups in total. The first kappa shape index (κ1) is 19.5. The van der Waals surface area contributed by atoms with E-state index in [-0.39, 0.29) is 17.0 Å². The van der Waals surface area contributed by atoms with Gasteiger partial charge in [0.05, 0.1) is 0 Å². The molecule has 1 aliphatic carbocycles. The van der Waals surface area contributed by atoms with Gasteiger partial charge in [-0.3, -0.25) is 0 Å². The zero-order valence-corrected chi connectivity index (χ0v) is 17.8. The molecule has 0 bridgehead atoms. The average molecular weight is 431 g/mol. The molecule has 0 spiro atoms. The Kier molecular flexibility index (Phi) is 5.64. The average Bonchev–Trinajstić information content (AvgIpc) is 2.64. The summed E-state index contributed by atoms with van der Waals surface area (Å²) in [6, 6.07) is 15.4. The van der Waals surface area contributed by atoms with E-state index in [1.165, 1.54) is 0 Å². The van der Waals surface area contributed by atoms with Crippen LogP contribution < -0.4 is 18.4 Å². The predicted molar refractivity (Wildman–Crippen MR) is 109 cm³/mol. The van der Waals surface area contributed by atoms with Gasteiger partial charge in [0.2, 0.25) is 0 Å². The maximum absolute atomic E-state index is 13.0. The summed E-state index contributed by atoms with van der Waals surface area (Å²) >= 11 is -1.99. The van der Waals surface area contributed by atoms with Crippen molar-refractivity contribution in [2.75, 3.05) is 14.2 Å². The zero-order valence-electron chi connectivity index (χ0n) is 16.1. The summed E-state index contributed by atoms with van der Waals surface area (Å²) in [4.78, 5) is 26.0. The number of ketones is 2. The molecule has 0 atom stereocenters. The van der Waals surface area contributed by atoms with Crippen LogP contribution in [-0.4, -0.2) is 43.7 Å². The van der Waals surface area contributed by atoms with Crippen molar-refractivity contribution in [3.63, 3.8) is 0 Å². The van der Waals surface area contributed by atoms with Crippen molar-refractivity contribution in [3.8, 4) is 11.5 Å². The third kappa shape index (κ3) is 4.20. The standard InChI is InChI=1S/C22H24O4Se/c1-22(2)13-19(23)21(20(24)14-22)27(17-9-5-15(25-3)6-10-17)18-11-7-16(26-4)8-12-18/h5-12H,13-14H2,1-4H3. The molecule has 27 heavy (non-hydrogen) atoms. The van der Waals surface area contributed by atoms with Gasteiger partial charge in [0, 0.05) is 0 Å². The second-order valence-corrected chi connectivity index (χ2v) is 11.5. The Morgan fingerprint density at radius 1 is 0.741 bits per heavy atom. The maximum atomic E-state index is 13.0. The molecule has 3 rings (SSSR count). The Balaban J connectivity index is 2.19. The van der Waals surface area contributed by atoms with Crippen molar-refractivity contribution in [1.29, 1.82) is 0 Å². The first-order valence-corrected chi connectivity index (χ1v) is 11.4. The number of benzene rings is 2. The first-order valence-electron chi connectivity index (χ1n) is 8.80. The van der Waals surface area contributed by atoms with Crippen molar-refractivity contribution in [3.05, 3.63) is 48.5 Å². The van der Waals surface area contributed by atoms with Crippen LogP contribution in [0, 0.1) is 5.41 Å². The summed E-state index contributed by atoms with van der Waals surface area (Å²) in [6.07, 6.45) is 0.834. The van der Waals surface area contributed by atoms with Crippen molar-refractivity contribution in [1.82, 2.24) is 0 Å². The molecule has 0 amide bonds. The second kappa shape index (κ2) is 7.79. The monoisotopic (exact) mass is 432 g/mol. The fourth-order valence-corrected chi connectivity index (χ4v) is 7.80. The van der Waals surface area contributed by atoms with Gasteiger partial charge in [0.15, 0.2) is 0 Å². The number of hydrogen-bond acceptors (Lipinski definition) is 4. The number of ether oxygens (including phenoxy) is 2. The molecule has 1 fully saturated rings. The van der Waals surface area contributed by atoms with Crippen LogP contribution in [0.15, 0.2) is 48.5 Å². The molecule has 5 heteroatoms. The summed E-state index contributed by atoms with van der Waals surface area (Å²) in [5.41, 5.74) is -0.270. The number of hydrogen-bond donors (Lipinski definition) is 0. The van der Waals surface area contributed by atoms with Crippen molar-refractivity contribution in [2.45, 2.75) is 26.7 Å². The summed E-state index contributed by atoms with van der Waals surface area (Å²) < 4.78 is 13.1. The Labute approximate surface area is 163 Å². The van der Waals surface area contributed by atoms with Crippen LogP contribution in [0.4, 0.5) is 0 Å². The van der Waals surface area contributed by atoms with E-state index in [9.17, 15) is 9.59 Å². The van der Waals surface area contributed by atoms with Crippen LogP contribution in [0.3, 0.4) is 0 Å². The van der Waals surface area contributed by atoms with Crippen LogP contribution in [0.5, 0.6) is 11.5 Å². The zero-order chi connectivity index (χ0) is 19.6. The van der Waals surface area contributed by atoms with Crippen molar-refractivity contribution in [2.24, 2.45) is 5.41 Å². The van der Waals surface area contributed by atoms with Gasteiger partial charge >= 0.3 is 164 Å². The minimum absolute atomic E-state index is 0.00659. The van der Waals surface area contributed by atoms with E-state index >= 15 is 0 Å². The molecule has 0 aliphatic heterocycles. The number of rotatable bonds is 4. The van der Waals surface area contributed by atoms with Gasteiger partial charge in [-0.1, -0.05) is 0 Å². The van der Waals surface area contributed by atoms with Gasteiger partial charge in [-0.25, -0.2) is 0 Å². The van der Waals surface area contributed by atoms with E-state index in [0.29, 0.717) is 17.3 Å². The first-order chi connectivity index (χ1) is 12.8. The van der Waals surface area contributed by atoms with E-state index in [1.54, 1.807) is 14.2 Å². The Morgan fingerprint density at radius 2 is 1.11 bits per heavy atom. The molecule has 4 nitrogen and oxygen atoms in total. The predicted octanol–water partition coefficient (Wildman–Crippen LogP) is 2.03. The van der Waals surface area contributed by atoms with Gasteiger partial charge in [0.25, 0.3) is 0 Å². The van der Waals surface area contributed by atoms with Gasteiger partial charge in [-0.05, 0) is 0 Å². The summed E-state index contributed by atoms with van der Waals surface area (Å²) in [6.45, 7) is 3.96. The molecule has 1 saturated carbocycles. The topological polar surface area (TPSA) is 52.6 Å². The molecule has 0 saturated heterocycles. The second-order valence-electron chi connectivity index (χ2n) is 7.35. The molecule has 0 radical (unpaired) electrons. The molecular formula is C22H24O4Se. The van der Waals surface area contributed by atoms with Gasteiger partial charge in [-0.2, -0.15) is 0 Å². The molecule has 2 aromatic rings. The fourth-order valence-electron chi connectivity index (χ4n) is 3.27. The summed E-state index contributed by atoms with van der Waals surface area (Å²) in [5, 5.41) is 0. The molecule has 2 aromatic carbocycles. The van der Waals surface area contributed by atoms with E-state index in [1.807, 2.05) is 62.4 Å². The normalized spacial score (nSPS) is 16.6. The quantitative estimate of drug-likeness (QED) is 0.696. The summed E-state index contributed by atoms with van der Waals surface area (Å²) in [5.74, 6) is 1.50. The van der Waals surface area contributed by atoms with Crippen LogP contribution in [0.25, 0.3) is 0 Å². The van der Waals surface area contributed by atoms with Crippen LogP contribution >= 0.6 is 0 Å². The van der Waals surface area contributed by atoms with Crippen LogP contribution in [-0.2, 0) is 9.59 Å².